The van der Waals surface area contributed by atoms with Crippen molar-refractivity contribution in [2.45, 2.75) is 77.1 Å². The molecule has 0 bridgehead atoms. The monoisotopic (exact) mass is 535 g/mol. The van der Waals surface area contributed by atoms with Crippen LogP contribution in [0.3, 0.4) is 0 Å². The van der Waals surface area contributed by atoms with Gasteiger partial charge in [-0.3, -0.25) is 28.8 Å². The SMILES string of the molecule is C=CCC1OC(=O)CCNC(=O)[C@H](C)N(C)C(=O)CN(C)C(=O)[C@H]([C@@H](C)CC)NC(=O)[C@@H]2CCCN2C1=O. The topological polar surface area (TPSA) is 145 Å². The van der Waals surface area contributed by atoms with Crippen LogP contribution in [0.25, 0.3) is 0 Å². The summed E-state index contributed by atoms with van der Waals surface area (Å²) in [4.78, 5) is 81.8. The molecule has 0 aliphatic carbocycles. The summed E-state index contributed by atoms with van der Waals surface area (Å²) in [5.41, 5.74) is 0. The highest BCUT2D eigenvalue weighted by Crippen LogP contribution is 2.22. The lowest BCUT2D eigenvalue weighted by Crippen LogP contribution is -2.57. The Balaban J connectivity index is 2.40. The average Bonchev–Trinajstić information content (AvgIpc) is 3.38. The van der Waals surface area contributed by atoms with Crippen molar-refractivity contribution in [3.63, 3.8) is 0 Å². The van der Waals surface area contributed by atoms with Crippen LogP contribution in [-0.4, -0.2) is 108 Å². The number of fused-ring (bicyclic) bond motifs is 1. The largest absolute Gasteiger partial charge is 0.452 e. The van der Waals surface area contributed by atoms with Gasteiger partial charge in [0.25, 0.3) is 5.91 Å². The molecule has 212 valence electrons. The first-order valence-electron chi connectivity index (χ1n) is 13.1. The van der Waals surface area contributed by atoms with Crippen molar-refractivity contribution >= 4 is 35.5 Å². The van der Waals surface area contributed by atoms with E-state index in [0.29, 0.717) is 25.8 Å². The van der Waals surface area contributed by atoms with E-state index in [1.807, 2.05) is 13.8 Å². The maximum atomic E-state index is 13.4. The first-order valence-corrected chi connectivity index (χ1v) is 13.1. The van der Waals surface area contributed by atoms with Crippen molar-refractivity contribution < 1.29 is 33.5 Å². The van der Waals surface area contributed by atoms with Crippen LogP contribution in [0, 0.1) is 5.92 Å². The number of amides is 5. The van der Waals surface area contributed by atoms with Crippen molar-refractivity contribution in [2.75, 3.05) is 33.7 Å². The van der Waals surface area contributed by atoms with Crippen molar-refractivity contribution in [1.82, 2.24) is 25.3 Å². The molecule has 38 heavy (non-hydrogen) atoms. The molecule has 2 aliphatic heterocycles. The number of nitrogens with zero attached hydrogens (tertiary/aromatic N) is 3. The smallest absolute Gasteiger partial charge is 0.308 e. The van der Waals surface area contributed by atoms with Gasteiger partial charge in [-0.05, 0) is 25.7 Å². The number of esters is 1. The molecule has 0 aromatic carbocycles. The Morgan fingerprint density at radius 3 is 2.42 bits per heavy atom. The zero-order valence-corrected chi connectivity index (χ0v) is 23.0. The van der Waals surface area contributed by atoms with Gasteiger partial charge in [0.2, 0.25) is 23.6 Å². The summed E-state index contributed by atoms with van der Waals surface area (Å²) < 4.78 is 5.41. The van der Waals surface area contributed by atoms with Crippen molar-refractivity contribution in [1.29, 1.82) is 0 Å². The third-order valence-corrected chi connectivity index (χ3v) is 7.28. The summed E-state index contributed by atoms with van der Waals surface area (Å²) in [5, 5.41) is 5.40. The van der Waals surface area contributed by atoms with Crippen LogP contribution in [0.5, 0.6) is 0 Å². The van der Waals surface area contributed by atoms with Gasteiger partial charge in [0, 0.05) is 33.6 Å². The first kappa shape index (κ1) is 30.8. The van der Waals surface area contributed by atoms with Crippen LogP contribution >= 0.6 is 0 Å². The molecule has 1 unspecified atom stereocenters. The summed E-state index contributed by atoms with van der Waals surface area (Å²) >= 11 is 0. The van der Waals surface area contributed by atoms with Gasteiger partial charge >= 0.3 is 5.97 Å². The van der Waals surface area contributed by atoms with E-state index < -0.39 is 59.7 Å². The second-order valence-corrected chi connectivity index (χ2v) is 9.98. The van der Waals surface area contributed by atoms with Crippen molar-refractivity contribution in [2.24, 2.45) is 5.92 Å². The lowest BCUT2D eigenvalue weighted by Gasteiger charge is -2.32. The van der Waals surface area contributed by atoms with Gasteiger partial charge < -0.3 is 30.1 Å². The Morgan fingerprint density at radius 2 is 1.79 bits per heavy atom. The Kier molecular flexibility index (Phi) is 11.3. The van der Waals surface area contributed by atoms with E-state index >= 15 is 0 Å². The predicted octanol–water partition coefficient (Wildman–Crippen LogP) is -0.179. The second-order valence-electron chi connectivity index (χ2n) is 9.98. The van der Waals surface area contributed by atoms with Crippen LogP contribution in [-0.2, 0) is 33.5 Å². The molecule has 0 aromatic heterocycles. The van der Waals surface area contributed by atoms with E-state index in [0.717, 1.165) is 0 Å². The number of likely N-dealkylation sites (N-methyl/N-ethyl adjacent to an activating group) is 2. The minimum absolute atomic E-state index is 0.0528. The molecule has 12 heteroatoms. The molecule has 2 rings (SSSR count). The van der Waals surface area contributed by atoms with Gasteiger partial charge in [-0.1, -0.05) is 26.3 Å². The summed E-state index contributed by atoms with van der Waals surface area (Å²) in [6.07, 6.45) is 1.73. The van der Waals surface area contributed by atoms with E-state index in [1.54, 1.807) is 0 Å². The zero-order valence-electron chi connectivity index (χ0n) is 23.0. The number of hydrogen-bond acceptors (Lipinski definition) is 7. The van der Waals surface area contributed by atoms with Gasteiger partial charge in [-0.25, -0.2) is 0 Å². The average molecular weight is 536 g/mol. The van der Waals surface area contributed by atoms with Crippen LogP contribution < -0.4 is 10.6 Å². The van der Waals surface area contributed by atoms with Crippen LogP contribution in [0.4, 0.5) is 0 Å². The molecule has 0 radical (unpaired) electrons. The summed E-state index contributed by atoms with van der Waals surface area (Å²) in [6, 6.07) is -2.61. The molecule has 0 saturated carbocycles. The predicted molar refractivity (Wildman–Crippen MR) is 138 cm³/mol. The normalized spacial score (nSPS) is 28.0. The van der Waals surface area contributed by atoms with Gasteiger partial charge in [-0.15, -0.1) is 6.58 Å². The Bertz CT molecular complexity index is 939. The van der Waals surface area contributed by atoms with E-state index in [-0.39, 0.29) is 31.8 Å². The first-order chi connectivity index (χ1) is 17.9. The molecule has 2 aliphatic rings. The summed E-state index contributed by atoms with van der Waals surface area (Å²) in [6.45, 7) is 8.84. The molecule has 2 heterocycles. The molecule has 0 spiro atoms. The van der Waals surface area contributed by atoms with Crippen LogP contribution in [0.15, 0.2) is 12.7 Å². The van der Waals surface area contributed by atoms with Gasteiger partial charge in [0.05, 0.1) is 13.0 Å². The fraction of sp³-hybridized carbons (Fsp3) is 0.692. The van der Waals surface area contributed by atoms with E-state index in [2.05, 4.69) is 17.2 Å². The number of nitrogens with one attached hydrogen (secondary N) is 2. The number of ether oxygens (including phenoxy) is 1. The molecular weight excluding hydrogens is 494 g/mol. The summed E-state index contributed by atoms with van der Waals surface area (Å²) in [5.74, 6) is -3.32. The Labute approximate surface area is 224 Å². The van der Waals surface area contributed by atoms with Crippen molar-refractivity contribution in [3.8, 4) is 0 Å². The number of carbonyl (C=O) groups is 6. The van der Waals surface area contributed by atoms with E-state index in [9.17, 15) is 28.8 Å². The standard InChI is InChI=1S/C26H41N5O7/c1-7-10-19-25(36)31-14-9-11-18(31)24(35)28-22(16(3)8-2)26(37)29(5)15-20(32)30(6)17(4)23(34)27-13-12-21(33)38-19/h7,16-19,22H,1,8-15H2,2-6H3,(H,27,34)(H,28,35)/t16-,17-,18-,19?,22-/m0/s1. The highest BCUT2D eigenvalue weighted by atomic mass is 16.5. The molecule has 0 aromatic rings. The Hall–Kier alpha value is -3.44. The number of cyclic esters (lactones) is 1. The molecule has 2 saturated heterocycles. The maximum absolute atomic E-state index is 13.4. The van der Waals surface area contributed by atoms with Crippen molar-refractivity contribution in [3.05, 3.63) is 12.7 Å². The third kappa shape index (κ3) is 7.55. The second kappa shape index (κ2) is 13.9. The van der Waals surface area contributed by atoms with Gasteiger partial charge in [0.1, 0.15) is 18.1 Å². The summed E-state index contributed by atoms with van der Waals surface area (Å²) in [7, 11) is 2.92. The lowest BCUT2D eigenvalue weighted by molar-refractivity contribution is -0.161. The molecule has 2 fully saturated rings. The van der Waals surface area contributed by atoms with E-state index in [1.165, 1.54) is 41.8 Å². The lowest BCUT2D eigenvalue weighted by atomic mass is 9.97. The molecular formula is C26H41N5O7. The quantitative estimate of drug-likeness (QED) is 0.375. The van der Waals surface area contributed by atoms with Gasteiger partial charge in [0.15, 0.2) is 6.10 Å². The molecule has 2 N–H and O–H groups in total. The minimum atomic E-state index is -1.16. The van der Waals surface area contributed by atoms with Gasteiger partial charge in [-0.2, -0.15) is 0 Å². The zero-order chi connectivity index (χ0) is 28.6. The third-order valence-electron chi connectivity index (χ3n) is 7.28. The molecule has 5 atom stereocenters. The van der Waals surface area contributed by atoms with E-state index in [4.69, 9.17) is 4.74 Å². The minimum Gasteiger partial charge on any atom is -0.452 e. The fourth-order valence-corrected chi connectivity index (χ4v) is 4.45. The molecule has 12 nitrogen and oxygen atoms in total. The van der Waals surface area contributed by atoms with Crippen LogP contribution in [0.2, 0.25) is 0 Å². The highest BCUT2D eigenvalue weighted by molar-refractivity contribution is 5.95. The Morgan fingerprint density at radius 1 is 1.11 bits per heavy atom. The molecule has 5 amide bonds. The number of rotatable bonds is 4. The van der Waals surface area contributed by atoms with Crippen LogP contribution in [0.1, 0.15) is 52.9 Å². The maximum Gasteiger partial charge on any atom is 0.308 e. The fourth-order valence-electron chi connectivity index (χ4n) is 4.45. The highest BCUT2D eigenvalue weighted by Gasteiger charge is 2.40. The number of carbonyl (C=O) groups excluding carboxylic acids is 6. The number of hydrogen-bond donors (Lipinski definition) is 2.